The molecular weight excluding hydrogens is 522 g/mol. The van der Waals surface area contributed by atoms with E-state index in [1.807, 2.05) is 57.2 Å². The second kappa shape index (κ2) is 13.1. The van der Waals surface area contributed by atoms with Crippen LogP contribution in [0.25, 0.3) is 0 Å². The highest BCUT2D eigenvalue weighted by atomic mass is 35.5. The first-order valence-corrected chi connectivity index (χ1v) is 12.7. The van der Waals surface area contributed by atoms with Crippen LogP contribution >= 0.6 is 11.6 Å². The number of amides is 2. The molecule has 3 aromatic carbocycles. The third-order valence-electron chi connectivity index (χ3n) is 5.72. The van der Waals surface area contributed by atoms with Crippen molar-refractivity contribution in [2.24, 2.45) is 0 Å². The van der Waals surface area contributed by atoms with Gasteiger partial charge in [0.15, 0.2) is 6.61 Å². The van der Waals surface area contributed by atoms with E-state index in [1.165, 1.54) is 30.2 Å². The minimum absolute atomic E-state index is 0.00671. The fourth-order valence-corrected chi connectivity index (χ4v) is 4.18. The molecule has 9 nitrogen and oxygen atoms in total. The molecule has 1 N–H and O–H groups in total. The first-order chi connectivity index (χ1) is 18.5. The number of nitro benzene ring substituents is 1. The zero-order valence-corrected chi connectivity index (χ0v) is 23.1. The number of halogens is 1. The summed E-state index contributed by atoms with van der Waals surface area (Å²) in [5.74, 6) is -0.532. The number of benzene rings is 3. The Morgan fingerprint density at radius 1 is 1.03 bits per heavy atom. The summed E-state index contributed by atoms with van der Waals surface area (Å²) in [5.41, 5.74) is 0.884. The molecule has 3 rings (SSSR count). The lowest BCUT2D eigenvalue weighted by molar-refractivity contribution is -0.385. The van der Waals surface area contributed by atoms with Gasteiger partial charge in [0, 0.05) is 35.7 Å². The maximum absolute atomic E-state index is 13.7. The van der Waals surface area contributed by atoms with Gasteiger partial charge < -0.3 is 19.7 Å². The van der Waals surface area contributed by atoms with Crippen LogP contribution in [0.5, 0.6) is 11.5 Å². The van der Waals surface area contributed by atoms with Crippen molar-refractivity contribution in [3.05, 3.63) is 99.1 Å². The molecule has 0 unspecified atom stereocenters. The van der Waals surface area contributed by atoms with Crippen molar-refractivity contribution in [3.8, 4) is 11.5 Å². The summed E-state index contributed by atoms with van der Waals surface area (Å²) in [6, 6.07) is 19.7. The van der Waals surface area contributed by atoms with Crippen LogP contribution in [-0.2, 0) is 22.6 Å². The normalized spacial score (nSPS) is 11.8. The van der Waals surface area contributed by atoms with Crippen LogP contribution in [0.3, 0.4) is 0 Å². The van der Waals surface area contributed by atoms with Gasteiger partial charge in [0.05, 0.1) is 12.0 Å². The number of nitrogens with one attached hydrogen (secondary N) is 1. The lowest BCUT2D eigenvalue weighted by atomic mass is 10.0. The van der Waals surface area contributed by atoms with Crippen LogP contribution in [0.15, 0.2) is 72.8 Å². The Bertz CT molecular complexity index is 1310. The molecule has 0 heterocycles. The van der Waals surface area contributed by atoms with E-state index in [4.69, 9.17) is 21.1 Å². The van der Waals surface area contributed by atoms with Crippen molar-refractivity contribution in [1.82, 2.24) is 10.2 Å². The predicted octanol–water partition coefficient (Wildman–Crippen LogP) is 5.19. The molecule has 10 heteroatoms. The number of hydrogen-bond acceptors (Lipinski definition) is 6. The van der Waals surface area contributed by atoms with Gasteiger partial charge in [-0.1, -0.05) is 54.1 Å². The van der Waals surface area contributed by atoms with Crippen molar-refractivity contribution in [1.29, 1.82) is 0 Å². The summed E-state index contributed by atoms with van der Waals surface area (Å²) >= 11 is 6.20. The van der Waals surface area contributed by atoms with Crippen LogP contribution in [0.1, 0.15) is 31.9 Å². The number of nitrogens with zero attached hydrogens (tertiary/aromatic N) is 2. The predicted molar refractivity (Wildman–Crippen MR) is 149 cm³/mol. The summed E-state index contributed by atoms with van der Waals surface area (Å²) in [4.78, 5) is 39.4. The monoisotopic (exact) mass is 553 g/mol. The zero-order valence-electron chi connectivity index (χ0n) is 22.3. The van der Waals surface area contributed by atoms with E-state index in [1.54, 1.807) is 18.2 Å². The molecule has 2 amide bonds. The molecule has 0 bridgehead atoms. The van der Waals surface area contributed by atoms with E-state index in [-0.39, 0.29) is 36.1 Å². The van der Waals surface area contributed by atoms with Gasteiger partial charge in [0.1, 0.15) is 11.8 Å². The second-order valence-corrected chi connectivity index (χ2v) is 10.4. The Labute approximate surface area is 232 Å². The molecule has 0 aliphatic carbocycles. The summed E-state index contributed by atoms with van der Waals surface area (Å²) in [7, 11) is 1.31. The van der Waals surface area contributed by atoms with Gasteiger partial charge in [-0.2, -0.15) is 0 Å². The highest BCUT2D eigenvalue weighted by Crippen LogP contribution is 2.31. The number of rotatable bonds is 11. The fraction of sp³-hybridized carbons (Fsp3) is 0.310. The second-order valence-electron chi connectivity index (χ2n) is 9.98. The van der Waals surface area contributed by atoms with Gasteiger partial charge in [0.25, 0.3) is 5.91 Å². The molecule has 0 saturated carbocycles. The SMILES string of the molecule is COc1cc(OCC(=O)N(Cc2cccc(Cl)c2)[C@@H](Cc2ccccc2)C(=O)NC(C)(C)C)ccc1[N+](=O)[O-]. The Kier molecular flexibility index (Phi) is 9.89. The summed E-state index contributed by atoms with van der Waals surface area (Å²) in [5, 5.41) is 14.7. The topological polar surface area (TPSA) is 111 Å². The van der Waals surface area contributed by atoms with Gasteiger partial charge >= 0.3 is 5.69 Å². The third kappa shape index (κ3) is 8.71. The van der Waals surface area contributed by atoms with Gasteiger partial charge in [0.2, 0.25) is 11.7 Å². The molecule has 0 spiro atoms. The summed E-state index contributed by atoms with van der Waals surface area (Å²) < 4.78 is 10.8. The minimum atomic E-state index is -0.854. The van der Waals surface area contributed by atoms with E-state index >= 15 is 0 Å². The fourth-order valence-electron chi connectivity index (χ4n) is 3.97. The molecule has 206 valence electrons. The Morgan fingerprint density at radius 3 is 2.33 bits per heavy atom. The van der Waals surface area contributed by atoms with Gasteiger partial charge in [-0.25, -0.2) is 0 Å². The molecule has 1 atom stereocenters. The first-order valence-electron chi connectivity index (χ1n) is 12.3. The van der Waals surface area contributed by atoms with Crippen molar-refractivity contribution >= 4 is 29.1 Å². The van der Waals surface area contributed by atoms with Crippen molar-refractivity contribution in [2.75, 3.05) is 13.7 Å². The first kappa shape index (κ1) is 29.4. The van der Waals surface area contributed by atoms with Gasteiger partial charge in [-0.3, -0.25) is 19.7 Å². The van der Waals surface area contributed by atoms with Crippen molar-refractivity contribution in [3.63, 3.8) is 0 Å². The van der Waals surface area contributed by atoms with E-state index in [9.17, 15) is 19.7 Å². The maximum atomic E-state index is 13.7. The van der Waals surface area contributed by atoms with Crippen LogP contribution < -0.4 is 14.8 Å². The summed E-state index contributed by atoms with van der Waals surface area (Å²) in [6.07, 6.45) is 0.278. The van der Waals surface area contributed by atoms with E-state index in [2.05, 4.69) is 5.32 Å². The number of nitro groups is 1. The number of carbonyl (C=O) groups is 2. The average molecular weight is 554 g/mol. The van der Waals surface area contributed by atoms with Gasteiger partial charge in [-0.05, 0) is 50.1 Å². The Morgan fingerprint density at radius 2 is 1.72 bits per heavy atom. The number of carbonyl (C=O) groups excluding carboxylic acids is 2. The Balaban J connectivity index is 1.94. The van der Waals surface area contributed by atoms with Crippen LogP contribution in [0.4, 0.5) is 5.69 Å². The largest absolute Gasteiger partial charge is 0.490 e. The highest BCUT2D eigenvalue weighted by molar-refractivity contribution is 6.30. The number of ether oxygens (including phenoxy) is 2. The Hall–Kier alpha value is -4.11. The minimum Gasteiger partial charge on any atom is -0.490 e. The third-order valence-corrected chi connectivity index (χ3v) is 5.96. The van der Waals surface area contributed by atoms with Crippen LogP contribution in [-0.4, -0.2) is 46.9 Å². The smallest absolute Gasteiger partial charge is 0.311 e. The maximum Gasteiger partial charge on any atom is 0.311 e. The molecule has 0 aliphatic heterocycles. The number of methoxy groups -OCH3 is 1. The van der Waals surface area contributed by atoms with E-state index in [0.717, 1.165) is 11.1 Å². The lowest BCUT2D eigenvalue weighted by Gasteiger charge is -2.33. The zero-order chi connectivity index (χ0) is 28.6. The molecular formula is C29H32ClN3O6. The van der Waals surface area contributed by atoms with E-state index < -0.39 is 29.0 Å². The highest BCUT2D eigenvalue weighted by Gasteiger charge is 2.32. The van der Waals surface area contributed by atoms with Crippen LogP contribution in [0, 0.1) is 10.1 Å². The molecule has 0 radical (unpaired) electrons. The average Bonchev–Trinajstić information content (AvgIpc) is 2.88. The standard InChI is InChI=1S/C29H32ClN3O6/c1-29(2,3)31-28(35)25(16-20-9-6-5-7-10-20)32(18-21-11-8-12-22(30)15-21)27(34)19-39-23-13-14-24(33(36)37)26(17-23)38-4/h5-15,17,25H,16,18-19H2,1-4H3,(H,31,35)/t25-/m0/s1. The van der Waals surface area contributed by atoms with Crippen LogP contribution in [0.2, 0.25) is 5.02 Å². The number of hydrogen-bond donors (Lipinski definition) is 1. The molecule has 0 fully saturated rings. The molecule has 0 saturated heterocycles. The molecule has 39 heavy (non-hydrogen) atoms. The summed E-state index contributed by atoms with van der Waals surface area (Å²) in [6.45, 7) is 5.33. The molecule has 0 aliphatic rings. The van der Waals surface area contributed by atoms with Crippen molar-refractivity contribution in [2.45, 2.75) is 45.3 Å². The van der Waals surface area contributed by atoms with E-state index in [0.29, 0.717) is 5.02 Å². The molecule has 3 aromatic rings. The van der Waals surface area contributed by atoms with Crippen molar-refractivity contribution < 1.29 is 24.0 Å². The quantitative estimate of drug-likeness (QED) is 0.258. The van der Waals surface area contributed by atoms with Gasteiger partial charge in [-0.15, -0.1) is 0 Å². The molecule has 0 aromatic heterocycles. The lowest BCUT2D eigenvalue weighted by Crippen LogP contribution is -2.55.